The van der Waals surface area contributed by atoms with Gasteiger partial charge in [-0.05, 0) is 43.0 Å². The fourth-order valence-corrected chi connectivity index (χ4v) is 3.48. The lowest BCUT2D eigenvalue weighted by atomic mass is 9.94. The van der Waals surface area contributed by atoms with E-state index in [4.69, 9.17) is 15.7 Å². The molecule has 1 aromatic heterocycles. The van der Waals surface area contributed by atoms with Crippen LogP contribution in [0.3, 0.4) is 0 Å². The van der Waals surface area contributed by atoms with E-state index in [1.54, 1.807) is 35.9 Å². The van der Waals surface area contributed by atoms with E-state index < -0.39 is 0 Å². The number of nitriles is 1. The lowest BCUT2D eigenvalue weighted by Crippen LogP contribution is -2.56. The number of methoxy groups -OCH3 is 1. The summed E-state index contributed by atoms with van der Waals surface area (Å²) in [4.78, 5) is 12.3. The monoisotopic (exact) mass is 326 g/mol. The SMILES string of the molecule is COC1C(N)CCNC1CCn1c(=O)ccc2ccc(C#N)cc21. The number of piperidine rings is 1. The molecule has 3 atom stereocenters. The molecule has 6 nitrogen and oxygen atoms in total. The molecule has 3 unspecified atom stereocenters. The Hall–Kier alpha value is -2.20. The van der Waals surface area contributed by atoms with Gasteiger partial charge in [0.25, 0.3) is 5.56 Å². The minimum Gasteiger partial charge on any atom is -0.378 e. The van der Waals surface area contributed by atoms with Gasteiger partial charge in [-0.2, -0.15) is 5.26 Å². The molecule has 1 aromatic carbocycles. The lowest BCUT2D eigenvalue weighted by Gasteiger charge is -2.36. The minimum absolute atomic E-state index is 0.00989. The molecule has 1 fully saturated rings. The summed E-state index contributed by atoms with van der Waals surface area (Å²) in [7, 11) is 1.67. The van der Waals surface area contributed by atoms with Crippen LogP contribution >= 0.6 is 0 Å². The molecule has 0 radical (unpaired) electrons. The zero-order chi connectivity index (χ0) is 17.1. The average Bonchev–Trinajstić information content (AvgIpc) is 2.60. The summed E-state index contributed by atoms with van der Waals surface area (Å²) in [6, 6.07) is 11.0. The number of aromatic nitrogens is 1. The van der Waals surface area contributed by atoms with Gasteiger partial charge in [-0.3, -0.25) is 4.79 Å². The Morgan fingerprint density at radius 3 is 2.96 bits per heavy atom. The number of benzene rings is 1. The molecule has 0 spiro atoms. The normalized spacial score (nSPS) is 24.0. The number of pyridine rings is 1. The first-order valence-corrected chi connectivity index (χ1v) is 8.19. The minimum atomic E-state index is -0.0633. The van der Waals surface area contributed by atoms with Gasteiger partial charge >= 0.3 is 0 Å². The molecule has 1 saturated heterocycles. The topological polar surface area (TPSA) is 93.1 Å². The van der Waals surface area contributed by atoms with Crippen molar-refractivity contribution in [2.75, 3.05) is 13.7 Å². The second-order valence-corrected chi connectivity index (χ2v) is 6.21. The summed E-state index contributed by atoms with van der Waals surface area (Å²) >= 11 is 0. The highest BCUT2D eigenvalue weighted by Crippen LogP contribution is 2.17. The second kappa shape index (κ2) is 7.14. The number of fused-ring (bicyclic) bond motifs is 1. The van der Waals surface area contributed by atoms with Gasteiger partial charge in [-0.15, -0.1) is 0 Å². The maximum absolute atomic E-state index is 12.3. The van der Waals surface area contributed by atoms with Gasteiger partial charge < -0.3 is 20.4 Å². The van der Waals surface area contributed by atoms with Crippen LogP contribution in [-0.4, -0.2) is 36.4 Å². The summed E-state index contributed by atoms with van der Waals surface area (Å²) < 4.78 is 7.27. The zero-order valence-corrected chi connectivity index (χ0v) is 13.7. The molecule has 2 aromatic rings. The Bertz CT molecular complexity index is 824. The summed E-state index contributed by atoms with van der Waals surface area (Å²) in [6.45, 7) is 1.41. The maximum atomic E-state index is 12.3. The van der Waals surface area contributed by atoms with Crippen molar-refractivity contribution in [2.24, 2.45) is 5.73 Å². The molecule has 0 bridgehead atoms. The third-order valence-corrected chi connectivity index (χ3v) is 4.76. The average molecular weight is 326 g/mol. The zero-order valence-electron chi connectivity index (χ0n) is 13.7. The number of hydrogen-bond donors (Lipinski definition) is 2. The van der Waals surface area contributed by atoms with Crippen molar-refractivity contribution in [2.45, 2.75) is 37.6 Å². The van der Waals surface area contributed by atoms with Crippen molar-refractivity contribution in [3.8, 4) is 6.07 Å². The first kappa shape index (κ1) is 16.7. The quantitative estimate of drug-likeness (QED) is 0.873. The van der Waals surface area contributed by atoms with Crippen molar-refractivity contribution in [3.05, 3.63) is 46.2 Å². The molecular formula is C18H22N4O2. The highest BCUT2D eigenvalue weighted by Gasteiger charge is 2.30. The van der Waals surface area contributed by atoms with E-state index in [2.05, 4.69) is 11.4 Å². The molecule has 1 aliphatic heterocycles. The fraction of sp³-hybridized carbons (Fsp3) is 0.444. The van der Waals surface area contributed by atoms with E-state index >= 15 is 0 Å². The van der Waals surface area contributed by atoms with Crippen LogP contribution in [0.4, 0.5) is 0 Å². The number of hydrogen-bond acceptors (Lipinski definition) is 5. The first-order valence-electron chi connectivity index (χ1n) is 8.19. The molecule has 6 heteroatoms. The van der Waals surface area contributed by atoms with Crippen molar-refractivity contribution >= 4 is 10.9 Å². The summed E-state index contributed by atoms with van der Waals surface area (Å²) in [5.41, 5.74) is 7.41. The van der Waals surface area contributed by atoms with Gasteiger partial charge in [0, 0.05) is 31.8 Å². The first-order chi connectivity index (χ1) is 11.6. The van der Waals surface area contributed by atoms with Gasteiger partial charge in [-0.25, -0.2) is 0 Å². The van der Waals surface area contributed by atoms with E-state index in [1.165, 1.54) is 0 Å². The van der Waals surface area contributed by atoms with E-state index in [1.807, 2.05) is 6.07 Å². The van der Waals surface area contributed by atoms with Crippen molar-refractivity contribution in [3.63, 3.8) is 0 Å². The molecule has 0 saturated carbocycles. The van der Waals surface area contributed by atoms with Crippen molar-refractivity contribution in [1.29, 1.82) is 5.26 Å². The number of nitrogens with one attached hydrogen (secondary N) is 1. The number of aryl methyl sites for hydroxylation is 1. The fourth-order valence-electron chi connectivity index (χ4n) is 3.48. The van der Waals surface area contributed by atoms with Crippen LogP contribution < -0.4 is 16.6 Å². The Kier molecular flexibility index (Phi) is 4.95. The molecule has 24 heavy (non-hydrogen) atoms. The molecule has 1 aliphatic rings. The Morgan fingerprint density at radius 1 is 1.42 bits per heavy atom. The highest BCUT2D eigenvalue weighted by molar-refractivity contribution is 5.80. The summed E-state index contributed by atoms with van der Waals surface area (Å²) in [5.74, 6) is 0. The standard InChI is InChI=1S/C18H22N4O2/c1-24-18-14(20)6-8-21-15(18)7-9-22-16-10-12(11-19)2-3-13(16)4-5-17(22)23/h2-5,10,14-15,18,21H,6-9,20H2,1H3. The van der Waals surface area contributed by atoms with Crippen LogP contribution in [0.15, 0.2) is 35.1 Å². The molecule has 0 amide bonds. The van der Waals surface area contributed by atoms with Crippen LogP contribution in [-0.2, 0) is 11.3 Å². The summed E-state index contributed by atoms with van der Waals surface area (Å²) in [5, 5.41) is 13.5. The number of rotatable bonds is 4. The number of nitrogens with two attached hydrogens (primary N) is 1. The Labute approximate surface area is 140 Å². The third-order valence-electron chi connectivity index (χ3n) is 4.76. The maximum Gasteiger partial charge on any atom is 0.251 e. The van der Waals surface area contributed by atoms with E-state index in [0.29, 0.717) is 12.1 Å². The van der Waals surface area contributed by atoms with E-state index in [-0.39, 0.29) is 23.7 Å². The largest absolute Gasteiger partial charge is 0.378 e. The Morgan fingerprint density at radius 2 is 2.21 bits per heavy atom. The smallest absolute Gasteiger partial charge is 0.251 e. The second-order valence-electron chi connectivity index (χ2n) is 6.21. The molecule has 3 N–H and O–H groups in total. The molecule has 0 aliphatic carbocycles. The van der Waals surface area contributed by atoms with Crippen LogP contribution in [0.2, 0.25) is 0 Å². The van der Waals surface area contributed by atoms with Crippen molar-refractivity contribution in [1.82, 2.24) is 9.88 Å². The molecule has 3 rings (SSSR count). The molecule has 126 valence electrons. The van der Waals surface area contributed by atoms with E-state index in [0.717, 1.165) is 30.3 Å². The van der Waals surface area contributed by atoms with Crippen molar-refractivity contribution < 1.29 is 4.74 Å². The number of ether oxygens (including phenoxy) is 1. The third kappa shape index (κ3) is 3.20. The van der Waals surface area contributed by atoms with Crippen LogP contribution in [0.25, 0.3) is 10.9 Å². The van der Waals surface area contributed by atoms with Crippen LogP contribution in [0.5, 0.6) is 0 Å². The molecular weight excluding hydrogens is 304 g/mol. The van der Waals surface area contributed by atoms with Gasteiger partial charge in [0.05, 0.1) is 23.3 Å². The van der Waals surface area contributed by atoms with Gasteiger partial charge in [-0.1, -0.05) is 6.07 Å². The Balaban J connectivity index is 1.88. The predicted molar refractivity (Wildman–Crippen MR) is 92.7 cm³/mol. The predicted octanol–water partition coefficient (Wildman–Crippen LogP) is 0.967. The van der Waals surface area contributed by atoms with Crippen LogP contribution in [0.1, 0.15) is 18.4 Å². The number of nitrogens with zero attached hydrogens (tertiary/aromatic N) is 2. The van der Waals surface area contributed by atoms with Gasteiger partial charge in [0.2, 0.25) is 0 Å². The van der Waals surface area contributed by atoms with Gasteiger partial charge in [0.1, 0.15) is 0 Å². The lowest BCUT2D eigenvalue weighted by molar-refractivity contribution is 0.0264. The highest BCUT2D eigenvalue weighted by atomic mass is 16.5. The van der Waals surface area contributed by atoms with E-state index in [9.17, 15) is 4.79 Å². The van der Waals surface area contributed by atoms with Crippen LogP contribution in [0, 0.1) is 11.3 Å². The van der Waals surface area contributed by atoms with Gasteiger partial charge in [0.15, 0.2) is 0 Å². The summed E-state index contributed by atoms with van der Waals surface area (Å²) in [6.07, 6.45) is 1.57. The molecule has 2 heterocycles.